The number of hydrogen-bond acceptors (Lipinski definition) is 5. The maximum atomic E-state index is 12.7. The Morgan fingerprint density at radius 2 is 1.89 bits per heavy atom. The molecule has 1 N–H and O–H groups in total. The highest BCUT2D eigenvalue weighted by Crippen LogP contribution is 2.33. The molecule has 1 aromatic carbocycles. The van der Waals surface area contributed by atoms with Crippen molar-refractivity contribution in [2.45, 2.75) is 44.6 Å². The highest BCUT2D eigenvalue weighted by atomic mass is 16.6. The van der Waals surface area contributed by atoms with E-state index in [-0.39, 0.29) is 17.2 Å². The maximum Gasteiger partial charge on any atom is 0.293 e. The first-order chi connectivity index (χ1) is 13.1. The summed E-state index contributed by atoms with van der Waals surface area (Å²) in [4.78, 5) is 25.8. The van der Waals surface area contributed by atoms with Crippen LogP contribution in [-0.4, -0.2) is 33.7 Å². The van der Waals surface area contributed by atoms with Gasteiger partial charge in [0.15, 0.2) is 0 Å². The smallest absolute Gasteiger partial charge is 0.293 e. The first-order valence-electron chi connectivity index (χ1n) is 9.52. The molecule has 4 rings (SSSR count). The second kappa shape index (κ2) is 7.38. The number of hydrogen-bond donors (Lipinski definition) is 1. The minimum Gasteiger partial charge on any atom is -0.366 e. The molecule has 2 aliphatic rings. The van der Waals surface area contributed by atoms with Crippen LogP contribution in [0.15, 0.2) is 30.5 Å². The predicted molar refractivity (Wildman–Crippen MR) is 102 cm³/mol. The van der Waals surface area contributed by atoms with E-state index in [1.54, 1.807) is 24.4 Å². The van der Waals surface area contributed by atoms with E-state index in [4.69, 9.17) is 0 Å². The van der Waals surface area contributed by atoms with Crippen LogP contribution in [0.25, 0.3) is 0 Å². The van der Waals surface area contributed by atoms with Gasteiger partial charge in [-0.15, -0.1) is 0 Å². The van der Waals surface area contributed by atoms with Crippen LogP contribution in [0.5, 0.6) is 0 Å². The van der Waals surface area contributed by atoms with E-state index >= 15 is 0 Å². The van der Waals surface area contributed by atoms with Crippen LogP contribution in [0.1, 0.15) is 54.9 Å². The largest absolute Gasteiger partial charge is 0.366 e. The minimum absolute atomic E-state index is 0.0196. The maximum absolute atomic E-state index is 12.7. The van der Waals surface area contributed by atoms with Crippen molar-refractivity contribution in [1.82, 2.24) is 9.78 Å². The van der Waals surface area contributed by atoms with Gasteiger partial charge in [0.1, 0.15) is 11.5 Å². The average Bonchev–Trinajstić information content (AvgIpc) is 3.42. The number of nitro benzene ring substituents is 1. The molecule has 1 saturated heterocycles. The van der Waals surface area contributed by atoms with Crippen LogP contribution in [0.4, 0.5) is 17.2 Å². The number of rotatable bonds is 5. The Labute approximate surface area is 157 Å². The summed E-state index contributed by atoms with van der Waals surface area (Å²) in [5.41, 5.74) is 0.850. The van der Waals surface area contributed by atoms with Gasteiger partial charge >= 0.3 is 0 Å². The normalized spacial score (nSPS) is 17.4. The number of carbonyl (C=O) groups is 1. The Morgan fingerprint density at radius 3 is 2.59 bits per heavy atom. The topological polar surface area (TPSA) is 93.3 Å². The van der Waals surface area contributed by atoms with Crippen molar-refractivity contribution >= 4 is 23.1 Å². The third-order valence-electron chi connectivity index (χ3n) is 5.46. The molecule has 27 heavy (non-hydrogen) atoms. The van der Waals surface area contributed by atoms with E-state index < -0.39 is 4.92 Å². The summed E-state index contributed by atoms with van der Waals surface area (Å²) in [6.45, 7) is 1.62. The van der Waals surface area contributed by atoms with Gasteiger partial charge in [-0.05, 0) is 37.8 Å². The molecule has 1 aliphatic heterocycles. The van der Waals surface area contributed by atoms with Gasteiger partial charge in [0.25, 0.3) is 11.6 Å². The molecule has 0 radical (unpaired) electrons. The zero-order valence-electron chi connectivity index (χ0n) is 15.1. The number of amides is 1. The Kier molecular flexibility index (Phi) is 4.79. The fraction of sp³-hybridized carbons (Fsp3) is 0.474. The lowest BCUT2D eigenvalue weighted by molar-refractivity contribution is -0.384. The first-order valence-corrected chi connectivity index (χ1v) is 9.52. The number of nitro groups is 1. The molecule has 2 heterocycles. The molecule has 0 spiro atoms. The summed E-state index contributed by atoms with van der Waals surface area (Å²) in [7, 11) is 0. The van der Waals surface area contributed by atoms with Crippen LogP contribution >= 0.6 is 0 Å². The number of carbonyl (C=O) groups excluding carboxylic acids is 1. The lowest BCUT2D eigenvalue weighted by Gasteiger charge is -2.18. The summed E-state index contributed by atoms with van der Waals surface area (Å²) < 4.78 is 1.86. The van der Waals surface area contributed by atoms with E-state index in [2.05, 4.69) is 10.4 Å². The van der Waals surface area contributed by atoms with Gasteiger partial charge < -0.3 is 10.2 Å². The van der Waals surface area contributed by atoms with E-state index in [0.29, 0.717) is 17.5 Å². The lowest BCUT2D eigenvalue weighted by Crippen LogP contribution is -2.20. The second-order valence-corrected chi connectivity index (χ2v) is 7.21. The number of anilines is 2. The van der Waals surface area contributed by atoms with Crippen molar-refractivity contribution in [3.05, 3.63) is 46.1 Å². The number of aromatic nitrogens is 2. The zero-order chi connectivity index (χ0) is 18.8. The van der Waals surface area contributed by atoms with Crippen molar-refractivity contribution < 1.29 is 9.72 Å². The molecule has 2 fully saturated rings. The third-order valence-corrected chi connectivity index (χ3v) is 5.46. The average molecular weight is 369 g/mol. The summed E-state index contributed by atoms with van der Waals surface area (Å²) in [6, 6.07) is 6.80. The molecule has 8 heteroatoms. The van der Waals surface area contributed by atoms with Crippen molar-refractivity contribution in [2.24, 2.45) is 0 Å². The molecule has 8 nitrogen and oxygen atoms in total. The van der Waals surface area contributed by atoms with Gasteiger partial charge in [-0.1, -0.05) is 12.8 Å². The van der Waals surface area contributed by atoms with Crippen LogP contribution in [0.3, 0.4) is 0 Å². The molecule has 1 amide bonds. The molecular formula is C19H23N5O3. The highest BCUT2D eigenvalue weighted by molar-refractivity contribution is 6.04. The predicted octanol–water partition coefficient (Wildman–Crippen LogP) is 3.76. The Bertz CT molecular complexity index is 851. The van der Waals surface area contributed by atoms with Crippen molar-refractivity contribution in [3.63, 3.8) is 0 Å². The lowest BCUT2D eigenvalue weighted by atomic mass is 10.1. The van der Waals surface area contributed by atoms with Gasteiger partial charge in [0, 0.05) is 30.8 Å². The van der Waals surface area contributed by atoms with Crippen LogP contribution < -0.4 is 10.2 Å². The molecule has 142 valence electrons. The van der Waals surface area contributed by atoms with E-state index in [1.807, 2.05) is 9.58 Å². The standard InChI is InChI=1S/C19H23N5O3/c25-19(21-18-9-10-20-23(18)15-5-1-2-6-15)14-7-8-16(17(13-14)24(26)27)22-11-3-4-12-22/h7-10,13,15H,1-6,11-12H2,(H,21,25). The molecule has 2 aromatic rings. The SMILES string of the molecule is O=C(Nc1ccnn1C1CCCC1)c1ccc(N2CCCC2)c([N+](=O)[O-])c1. The van der Waals surface area contributed by atoms with Gasteiger partial charge in [0.05, 0.1) is 17.2 Å². The number of benzene rings is 1. The Hall–Kier alpha value is -2.90. The van der Waals surface area contributed by atoms with Crippen molar-refractivity contribution in [1.29, 1.82) is 0 Å². The van der Waals surface area contributed by atoms with Crippen LogP contribution in [0.2, 0.25) is 0 Å². The summed E-state index contributed by atoms with van der Waals surface area (Å²) in [6.07, 6.45) is 8.19. The highest BCUT2D eigenvalue weighted by Gasteiger charge is 2.25. The molecule has 1 aliphatic carbocycles. The fourth-order valence-electron chi connectivity index (χ4n) is 4.08. The van der Waals surface area contributed by atoms with Crippen molar-refractivity contribution in [2.75, 3.05) is 23.3 Å². The van der Waals surface area contributed by atoms with Crippen LogP contribution in [0, 0.1) is 10.1 Å². The summed E-state index contributed by atoms with van der Waals surface area (Å²) >= 11 is 0. The van der Waals surface area contributed by atoms with Gasteiger partial charge in [0.2, 0.25) is 0 Å². The third kappa shape index (κ3) is 3.51. The first kappa shape index (κ1) is 17.5. The molecule has 1 saturated carbocycles. The summed E-state index contributed by atoms with van der Waals surface area (Å²) in [5, 5.41) is 18.7. The molecule has 0 atom stereocenters. The fourth-order valence-corrected chi connectivity index (χ4v) is 4.08. The Balaban J connectivity index is 1.56. The van der Waals surface area contributed by atoms with E-state index in [9.17, 15) is 14.9 Å². The molecule has 1 aromatic heterocycles. The number of nitrogens with one attached hydrogen (secondary N) is 1. The summed E-state index contributed by atoms with van der Waals surface area (Å²) in [5.74, 6) is 0.281. The minimum atomic E-state index is -0.410. The van der Waals surface area contributed by atoms with Gasteiger partial charge in [-0.25, -0.2) is 4.68 Å². The second-order valence-electron chi connectivity index (χ2n) is 7.21. The quantitative estimate of drug-likeness (QED) is 0.640. The van der Waals surface area contributed by atoms with E-state index in [0.717, 1.165) is 38.8 Å². The zero-order valence-corrected chi connectivity index (χ0v) is 15.1. The van der Waals surface area contributed by atoms with Gasteiger partial charge in [-0.3, -0.25) is 14.9 Å². The molecular weight excluding hydrogens is 346 g/mol. The van der Waals surface area contributed by atoms with Crippen molar-refractivity contribution in [3.8, 4) is 0 Å². The monoisotopic (exact) mass is 369 g/mol. The molecule has 0 bridgehead atoms. The number of nitrogens with zero attached hydrogens (tertiary/aromatic N) is 4. The van der Waals surface area contributed by atoms with Gasteiger partial charge in [-0.2, -0.15) is 5.10 Å². The molecule has 0 unspecified atom stereocenters. The van der Waals surface area contributed by atoms with E-state index in [1.165, 1.54) is 18.9 Å². The Morgan fingerprint density at radius 1 is 1.15 bits per heavy atom. The van der Waals surface area contributed by atoms with Crippen LogP contribution in [-0.2, 0) is 0 Å².